The lowest BCUT2D eigenvalue weighted by molar-refractivity contribution is -0.276. The summed E-state index contributed by atoms with van der Waals surface area (Å²) in [5.41, 5.74) is 6.94. The number of aliphatic hydroxyl groups is 1. The number of carbonyl (C=O) groups is 2. The first kappa shape index (κ1) is 32.6. The van der Waals surface area contributed by atoms with Crippen molar-refractivity contribution in [3.05, 3.63) is 178 Å². The van der Waals surface area contributed by atoms with Gasteiger partial charge in [-0.3, -0.25) is 19.4 Å². The van der Waals surface area contributed by atoms with Crippen LogP contribution in [0.3, 0.4) is 0 Å². The van der Waals surface area contributed by atoms with E-state index in [1.165, 1.54) is 16.0 Å². The van der Waals surface area contributed by atoms with Crippen LogP contribution in [0, 0.1) is 5.92 Å². The number of aliphatic hydroxyl groups excluding tert-OH is 1. The van der Waals surface area contributed by atoms with Crippen molar-refractivity contribution < 1.29 is 24.2 Å². The number of imide groups is 1. The highest BCUT2D eigenvalue weighted by Gasteiger charge is 2.39. The van der Waals surface area contributed by atoms with Gasteiger partial charge in [-0.15, -0.1) is 0 Å². The Morgan fingerprint density at radius 3 is 1.67 bits per heavy atom. The molecule has 0 saturated carbocycles. The molecule has 0 aromatic heterocycles. The van der Waals surface area contributed by atoms with Crippen LogP contribution >= 0.6 is 0 Å². The van der Waals surface area contributed by atoms with Crippen molar-refractivity contribution in [3.63, 3.8) is 0 Å². The fourth-order valence-electron chi connectivity index (χ4n) is 6.80. The van der Waals surface area contributed by atoms with Crippen molar-refractivity contribution in [2.24, 2.45) is 5.92 Å². The molecule has 7 nitrogen and oxygen atoms in total. The first-order chi connectivity index (χ1) is 24.0. The predicted octanol–water partition coefficient (Wildman–Crippen LogP) is 7.47. The summed E-state index contributed by atoms with van der Waals surface area (Å²) in [6, 6.07) is 43.7. The molecule has 1 saturated heterocycles. The molecule has 2 aliphatic rings. The summed E-state index contributed by atoms with van der Waals surface area (Å²) in [7, 11) is 0. The maximum Gasteiger partial charge on any atom is 0.261 e. The number of carbonyl (C=O) groups excluding carboxylic acids is 2. The molecule has 0 bridgehead atoms. The maximum atomic E-state index is 13.0. The van der Waals surface area contributed by atoms with Gasteiger partial charge in [0.1, 0.15) is 0 Å². The summed E-state index contributed by atoms with van der Waals surface area (Å²) in [5.74, 6) is -0.518. The third kappa shape index (κ3) is 7.26. The van der Waals surface area contributed by atoms with Crippen molar-refractivity contribution in [1.82, 2.24) is 9.80 Å². The zero-order valence-corrected chi connectivity index (χ0v) is 27.5. The second kappa shape index (κ2) is 14.7. The topological polar surface area (TPSA) is 79.3 Å². The van der Waals surface area contributed by atoms with Gasteiger partial charge in [0, 0.05) is 31.1 Å². The van der Waals surface area contributed by atoms with E-state index >= 15 is 0 Å². The highest BCUT2D eigenvalue weighted by Crippen LogP contribution is 2.42. The van der Waals surface area contributed by atoms with E-state index in [1.807, 2.05) is 60.7 Å². The number of fused-ring (bicyclic) bond motifs is 1. The molecule has 0 spiro atoms. The number of rotatable bonds is 11. The molecule has 5 aromatic carbocycles. The molecule has 2 amide bonds. The minimum absolute atomic E-state index is 0.0172. The van der Waals surface area contributed by atoms with Crippen molar-refractivity contribution in [1.29, 1.82) is 0 Å². The summed E-state index contributed by atoms with van der Waals surface area (Å²) in [4.78, 5) is 29.7. The van der Waals surface area contributed by atoms with Gasteiger partial charge in [-0.2, -0.15) is 0 Å². The van der Waals surface area contributed by atoms with E-state index in [0.717, 1.165) is 35.3 Å². The minimum atomic E-state index is -0.632. The fraction of sp³-hybridized carbons (Fsp3) is 0.238. The summed E-state index contributed by atoms with van der Waals surface area (Å²) in [5, 5.41) is 9.65. The van der Waals surface area contributed by atoms with Crippen LogP contribution < -0.4 is 0 Å². The predicted molar refractivity (Wildman–Crippen MR) is 187 cm³/mol. The average molecular weight is 653 g/mol. The third-order valence-electron chi connectivity index (χ3n) is 9.53. The van der Waals surface area contributed by atoms with Gasteiger partial charge < -0.3 is 14.6 Å². The zero-order chi connectivity index (χ0) is 33.7. The van der Waals surface area contributed by atoms with E-state index in [-0.39, 0.29) is 43.1 Å². The van der Waals surface area contributed by atoms with E-state index < -0.39 is 6.29 Å². The molecular weight excluding hydrogens is 612 g/mol. The lowest BCUT2D eigenvalue weighted by atomic mass is 9.89. The highest BCUT2D eigenvalue weighted by atomic mass is 16.7. The van der Waals surface area contributed by atoms with E-state index in [2.05, 4.69) is 60.4 Å². The number of hydrogen-bond donors (Lipinski definition) is 1. The fourth-order valence-corrected chi connectivity index (χ4v) is 6.80. The molecule has 0 unspecified atom stereocenters. The van der Waals surface area contributed by atoms with Crippen LogP contribution in [0.2, 0.25) is 0 Å². The molecule has 1 N–H and O–H groups in total. The van der Waals surface area contributed by atoms with Gasteiger partial charge in [0.2, 0.25) is 0 Å². The molecule has 5 aromatic rings. The maximum absolute atomic E-state index is 13.0. The van der Waals surface area contributed by atoms with Crippen molar-refractivity contribution >= 4 is 11.8 Å². The molecule has 7 rings (SSSR count). The quantitative estimate of drug-likeness (QED) is 0.149. The second-order valence-corrected chi connectivity index (χ2v) is 12.9. The summed E-state index contributed by atoms with van der Waals surface area (Å²) < 4.78 is 13.5. The average Bonchev–Trinajstić information content (AvgIpc) is 3.38. The van der Waals surface area contributed by atoms with Crippen LogP contribution in [0.15, 0.2) is 133 Å². The van der Waals surface area contributed by atoms with Gasteiger partial charge in [0.15, 0.2) is 6.29 Å². The Bertz CT molecular complexity index is 1800. The Hall–Kier alpha value is -4.92. The Morgan fingerprint density at radius 1 is 0.612 bits per heavy atom. The van der Waals surface area contributed by atoms with Crippen LogP contribution in [0.1, 0.15) is 73.4 Å². The van der Waals surface area contributed by atoms with Crippen LogP contribution in [-0.4, -0.2) is 39.4 Å². The Kier molecular flexibility index (Phi) is 9.77. The van der Waals surface area contributed by atoms with Crippen molar-refractivity contribution in [2.45, 2.75) is 51.7 Å². The van der Waals surface area contributed by atoms with Gasteiger partial charge in [-0.1, -0.05) is 128 Å². The van der Waals surface area contributed by atoms with Gasteiger partial charge in [0.05, 0.1) is 36.5 Å². The normalized spacial score (nSPS) is 20.5. The lowest BCUT2D eigenvalue weighted by Crippen LogP contribution is -2.44. The summed E-state index contributed by atoms with van der Waals surface area (Å²) >= 11 is 0. The second-order valence-electron chi connectivity index (χ2n) is 12.9. The number of benzene rings is 5. The first-order valence-corrected chi connectivity index (χ1v) is 16.8. The Balaban J connectivity index is 1.14. The highest BCUT2D eigenvalue weighted by molar-refractivity contribution is 6.21. The Morgan fingerprint density at radius 2 is 1.12 bits per heavy atom. The number of hydrogen-bond acceptors (Lipinski definition) is 6. The Labute approximate surface area is 287 Å². The largest absolute Gasteiger partial charge is 0.392 e. The molecule has 2 heterocycles. The molecular formula is C42H40N2O5. The minimum Gasteiger partial charge on any atom is -0.392 e. The van der Waals surface area contributed by atoms with Crippen molar-refractivity contribution in [2.75, 3.05) is 6.54 Å². The standard InChI is InChI=1S/C42H40N2O5/c1-29-38(27-43(24-30-10-4-2-5-11-30)25-31-12-6-3-7-13-31)48-42(49-39(29)34-20-18-33(28-45)19-21-34)35-22-16-32(17-23-35)26-44-40(46)36-14-8-9-15-37(36)41(44)47/h2-23,29,38-39,42,45H,24-28H2,1H3/t29-,38+,39+,42+/m1/s1. The molecule has 2 aliphatic heterocycles. The van der Waals surface area contributed by atoms with Crippen LogP contribution in [-0.2, 0) is 35.7 Å². The number of ether oxygens (including phenoxy) is 2. The molecule has 248 valence electrons. The molecule has 7 heteroatoms. The van der Waals surface area contributed by atoms with Gasteiger partial charge in [-0.05, 0) is 39.9 Å². The van der Waals surface area contributed by atoms with Gasteiger partial charge in [-0.25, -0.2) is 0 Å². The van der Waals surface area contributed by atoms with Crippen molar-refractivity contribution in [3.8, 4) is 0 Å². The van der Waals surface area contributed by atoms with E-state index in [0.29, 0.717) is 17.7 Å². The lowest BCUT2D eigenvalue weighted by Gasteiger charge is -2.43. The van der Waals surface area contributed by atoms with E-state index in [9.17, 15) is 14.7 Å². The summed E-state index contributed by atoms with van der Waals surface area (Å²) in [6.45, 7) is 4.59. The SMILES string of the molecule is C[C@@H]1[C@H](CN(Cc2ccccc2)Cc2ccccc2)O[C@H](c2ccc(CN3C(=O)c4ccccc4C3=O)cc2)O[C@@H]1c1ccc(CO)cc1. The van der Waals surface area contributed by atoms with Gasteiger partial charge >= 0.3 is 0 Å². The first-order valence-electron chi connectivity index (χ1n) is 16.8. The van der Waals surface area contributed by atoms with E-state index in [4.69, 9.17) is 9.47 Å². The van der Waals surface area contributed by atoms with Crippen LogP contribution in [0.5, 0.6) is 0 Å². The number of nitrogens with zero attached hydrogens (tertiary/aromatic N) is 2. The summed E-state index contributed by atoms with van der Waals surface area (Å²) in [6.07, 6.45) is -1.04. The van der Waals surface area contributed by atoms with E-state index in [1.54, 1.807) is 24.3 Å². The monoisotopic (exact) mass is 652 g/mol. The molecule has 4 atom stereocenters. The van der Waals surface area contributed by atoms with Crippen LogP contribution in [0.25, 0.3) is 0 Å². The third-order valence-corrected chi connectivity index (χ3v) is 9.53. The van der Waals surface area contributed by atoms with Crippen LogP contribution in [0.4, 0.5) is 0 Å². The molecule has 49 heavy (non-hydrogen) atoms. The zero-order valence-electron chi connectivity index (χ0n) is 27.5. The molecule has 0 radical (unpaired) electrons. The van der Waals surface area contributed by atoms with Gasteiger partial charge in [0.25, 0.3) is 11.8 Å². The molecule has 1 fully saturated rings. The smallest absolute Gasteiger partial charge is 0.261 e. The molecule has 0 aliphatic carbocycles. The number of amides is 2.